The van der Waals surface area contributed by atoms with Crippen LogP contribution in [-0.4, -0.2) is 53.2 Å². The maximum absolute atomic E-state index is 11.2. The third kappa shape index (κ3) is 6.22. The van der Waals surface area contributed by atoms with Crippen LogP contribution in [0.4, 0.5) is 0 Å². The monoisotopic (exact) mass is 496 g/mol. The number of aliphatic imine (C=N–C) groups is 1. The lowest BCUT2D eigenvalue weighted by Gasteiger charge is -2.34. The number of carbonyl (C=O) groups excluding carboxylic acids is 1. The smallest absolute Gasteiger partial charge is 0.217 e. The fraction of sp³-hybridized carbons (Fsp3) is 0.450. The highest BCUT2D eigenvalue weighted by molar-refractivity contribution is 14.0. The van der Waals surface area contributed by atoms with Crippen molar-refractivity contribution in [3.05, 3.63) is 48.3 Å². The minimum Gasteiger partial charge on any atom is -0.370 e. The summed E-state index contributed by atoms with van der Waals surface area (Å²) in [5, 5.41) is 7.87. The van der Waals surface area contributed by atoms with E-state index in [1.54, 1.807) is 7.05 Å². The molecule has 1 aliphatic rings. The number of nitrogens with one attached hydrogen (secondary N) is 1. The molecule has 1 aromatic carbocycles. The van der Waals surface area contributed by atoms with Crippen LogP contribution >= 0.6 is 24.0 Å². The third-order valence-corrected chi connectivity index (χ3v) is 4.87. The van der Waals surface area contributed by atoms with E-state index in [1.165, 1.54) is 5.56 Å². The predicted octanol–water partition coefficient (Wildman–Crippen LogP) is 2.20. The number of hydrogen-bond acceptors (Lipinski definition) is 3. The van der Waals surface area contributed by atoms with Crippen molar-refractivity contribution in [3.63, 3.8) is 0 Å². The molecule has 3 N–H and O–H groups in total. The van der Waals surface area contributed by atoms with Crippen molar-refractivity contribution in [3.8, 4) is 5.69 Å². The normalized spacial score (nSPS) is 17.1. The number of rotatable bonds is 6. The first kappa shape index (κ1) is 22.2. The van der Waals surface area contributed by atoms with Crippen molar-refractivity contribution in [1.82, 2.24) is 20.0 Å². The van der Waals surface area contributed by atoms with E-state index >= 15 is 0 Å². The Morgan fingerprint density at radius 3 is 2.86 bits per heavy atom. The number of nitrogens with zero attached hydrogens (tertiary/aromatic N) is 4. The Morgan fingerprint density at radius 1 is 1.36 bits per heavy atom. The maximum Gasteiger partial charge on any atom is 0.217 e. The van der Waals surface area contributed by atoms with Gasteiger partial charge in [0.05, 0.1) is 11.9 Å². The molecule has 152 valence electrons. The highest BCUT2D eigenvalue weighted by Crippen LogP contribution is 2.19. The van der Waals surface area contributed by atoms with E-state index in [-0.39, 0.29) is 29.9 Å². The molecule has 1 aliphatic heterocycles. The fourth-order valence-corrected chi connectivity index (χ4v) is 3.57. The molecule has 8 heteroatoms. The number of nitrogens with two attached hydrogens (primary N) is 1. The summed E-state index contributed by atoms with van der Waals surface area (Å²) in [7, 11) is 1.80. The molecule has 1 saturated heterocycles. The Bertz CT molecular complexity index is 776. The van der Waals surface area contributed by atoms with Gasteiger partial charge in [-0.3, -0.25) is 9.79 Å². The summed E-state index contributed by atoms with van der Waals surface area (Å²) in [6.07, 6.45) is 7.39. The number of hydrogen-bond donors (Lipinski definition) is 2. The lowest BCUT2D eigenvalue weighted by Crippen LogP contribution is -2.47. The van der Waals surface area contributed by atoms with Crippen LogP contribution in [0.25, 0.3) is 5.69 Å². The number of piperidine rings is 1. The molecule has 28 heavy (non-hydrogen) atoms. The van der Waals surface area contributed by atoms with Crippen LogP contribution in [0, 0.1) is 5.92 Å². The molecule has 1 fully saturated rings. The third-order valence-electron chi connectivity index (χ3n) is 4.87. The lowest BCUT2D eigenvalue weighted by molar-refractivity contribution is -0.119. The molecule has 1 unspecified atom stereocenters. The zero-order valence-electron chi connectivity index (χ0n) is 16.3. The molecule has 3 rings (SSSR count). The molecule has 0 aliphatic carbocycles. The van der Waals surface area contributed by atoms with Crippen molar-refractivity contribution in [2.24, 2.45) is 16.6 Å². The van der Waals surface area contributed by atoms with Crippen molar-refractivity contribution < 1.29 is 4.79 Å². The second-order valence-electron chi connectivity index (χ2n) is 6.98. The van der Waals surface area contributed by atoms with Crippen LogP contribution in [-0.2, 0) is 11.2 Å². The van der Waals surface area contributed by atoms with Gasteiger partial charge in [0.25, 0.3) is 0 Å². The van der Waals surface area contributed by atoms with E-state index in [0.717, 1.165) is 50.5 Å². The average Bonchev–Trinajstić information content (AvgIpc) is 3.15. The van der Waals surface area contributed by atoms with E-state index in [0.29, 0.717) is 12.3 Å². The van der Waals surface area contributed by atoms with Crippen LogP contribution in [0.5, 0.6) is 0 Å². The average molecular weight is 496 g/mol. The number of halogens is 1. The number of amides is 1. The van der Waals surface area contributed by atoms with E-state index < -0.39 is 0 Å². The van der Waals surface area contributed by atoms with Crippen LogP contribution in [0.15, 0.2) is 47.7 Å². The number of primary amides is 1. The highest BCUT2D eigenvalue weighted by Gasteiger charge is 2.23. The number of aromatic nitrogens is 2. The molecule has 7 nitrogen and oxygen atoms in total. The molecule has 1 aromatic heterocycles. The Hall–Kier alpha value is -2.10. The summed E-state index contributed by atoms with van der Waals surface area (Å²) in [6.45, 7) is 2.57. The molecular formula is C20H29IN6O. The maximum atomic E-state index is 11.2. The second kappa shape index (κ2) is 11.0. The Labute approximate surface area is 183 Å². The van der Waals surface area contributed by atoms with Gasteiger partial charge in [-0.25, -0.2) is 4.68 Å². The van der Waals surface area contributed by atoms with Crippen LogP contribution in [0.3, 0.4) is 0 Å². The van der Waals surface area contributed by atoms with Gasteiger partial charge in [0.1, 0.15) is 0 Å². The quantitative estimate of drug-likeness (QED) is 0.365. The highest BCUT2D eigenvalue weighted by atomic mass is 127. The molecule has 0 saturated carbocycles. The first-order valence-electron chi connectivity index (χ1n) is 9.48. The number of carbonyl (C=O) groups is 1. The van der Waals surface area contributed by atoms with Gasteiger partial charge >= 0.3 is 0 Å². The summed E-state index contributed by atoms with van der Waals surface area (Å²) < 4.78 is 1.89. The van der Waals surface area contributed by atoms with Crippen molar-refractivity contribution >= 4 is 35.8 Å². The van der Waals surface area contributed by atoms with Crippen LogP contribution in [0.1, 0.15) is 24.8 Å². The van der Waals surface area contributed by atoms with Gasteiger partial charge in [-0.2, -0.15) is 5.10 Å². The number of para-hydroxylation sites is 1. The summed E-state index contributed by atoms with van der Waals surface area (Å²) in [5.41, 5.74) is 7.58. The molecule has 2 heterocycles. The molecule has 0 bridgehead atoms. The Balaban J connectivity index is 0.00000280. The largest absolute Gasteiger partial charge is 0.370 e. The minimum atomic E-state index is -0.222. The van der Waals surface area contributed by atoms with Crippen LogP contribution in [0.2, 0.25) is 0 Å². The van der Waals surface area contributed by atoms with Gasteiger partial charge in [-0.05, 0) is 42.9 Å². The Morgan fingerprint density at radius 2 is 2.14 bits per heavy atom. The van der Waals surface area contributed by atoms with Crippen molar-refractivity contribution in [2.45, 2.75) is 25.7 Å². The SMILES string of the molecule is CN=C(NCCc1cnn(-c2ccccc2)c1)N1CCCC(CC(N)=O)C1.I. The summed E-state index contributed by atoms with van der Waals surface area (Å²) in [6, 6.07) is 10.1. The number of guanidine groups is 1. The van der Waals surface area contributed by atoms with Gasteiger partial charge < -0.3 is 16.0 Å². The van der Waals surface area contributed by atoms with Crippen molar-refractivity contribution in [2.75, 3.05) is 26.7 Å². The van der Waals surface area contributed by atoms with Crippen LogP contribution < -0.4 is 11.1 Å². The minimum absolute atomic E-state index is 0. The lowest BCUT2D eigenvalue weighted by atomic mass is 9.95. The van der Waals surface area contributed by atoms with Crippen molar-refractivity contribution in [1.29, 1.82) is 0 Å². The predicted molar refractivity (Wildman–Crippen MR) is 122 cm³/mol. The van der Waals surface area contributed by atoms with Gasteiger partial charge in [-0.15, -0.1) is 24.0 Å². The summed E-state index contributed by atoms with van der Waals surface area (Å²) >= 11 is 0. The standard InChI is InChI=1S/C20H28N6O.HI/c1-22-20(25-11-5-6-16(14-25)12-19(21)27)23-10-9-17-13-24-26(15-17)18-7-3-2-4-8-18;/h2-4,7-8,13,15-16H,5-6,9-12,14H2,1H3,(H2,21,27)(H,22,23);1H. The molecular weight excluding hydrogens is 467 g/mol. The zero-order chi connectivity index (χ0) is 19.1. The zero-order valence-corrected chi connectivity index (χ0v) is 18.6. The summed E-state index contributed by atoms with van der Waals surface area (Å²) in [5.74, 6) is 0.985. The first-order chi connectivity index (χ1) is 13.2. The van der Waals surface area contributed by atoms with E-state index in [9.17, 15) is 4.79 Å². The molecule has 1 atom stereocenters. The Kier molecular flexibility index (Phi) is 8.75. The van der Waals surface area contributed by atoms with Gasteiger partial charge in [0.2, 0.25) is 5.91 Å². The van der Waals surface area contributed by atoms with E-state index in [4.69, 9.17) is 5.73 Å². The molecule has 2 aromatic rings. The second-order valence-corrected chi connectivity index (χ2v) is 6.98. The topological polar surface area (TPSA) is 88.5 Å². The van der Waals surface area contributed by atoms with Gasteiger partial charge in [0, 0.05) is 39.3 Å². The number of benzene rings is 1. The van der Waals surface area contributed by atoms with E-state index in [2.05, 4.69) is 26.5 Å². The molecule has 1 amide bonds. The first-order valence-corrected chi connectivity index (χ1v) is 9.48. The fourth-order valence-electron chi connectivity index (χ4n) is 3.57. The molecule has 0 spiro atoms. The summed E-state index contributed by atoms with van der Waals surface area (Å²) in [4.78, 5) is 17.8. The number of likely N-dealkylation sites (tertiary alicyclic amines) is 1. The molecule has 0 radical (unpaired) electrons. The van der Waals surface area contributed by atoms with E-state index in [1.807, 2.05) is 41.2 Å². The van der Waals surface area contributed by atoms with Gasteiger partial charge in [-0.1, -0.05) is 18.2 Å². The van der Waals surface area contributed by atoms with Gasteiger partial charge in [0.15, 0.2) is 5.96 Å².